The summed E-state index contributed by atoms with van der Waals surface area (Å²) in [5.41, 5.74) is 3.23. The van der Waals surface area contributed by atoms with Crippen molar-refractivity contribution in [3.8, 4) is 0 Å². The summed E-state index contributed by atoms with van der Waals surface area (Å²) in [6.07, 6.45) is 1.85. The third-order valence-corrected chi connectivity index (χ3v) is 3.24. The first-order valence-corrected chi connectivity index (χ1v) is 6.51. The molecule has 0 bridgehead atoms. The monoisotopic (exact) mass is 266 g/mol. The van der Waals surface area contributed by atoms with E-state index in [1.807, 2.05) is 4.68 Å². The second-order valence-electron chi connectivity index (χ2n) is 4.24. The normalized spacial score (nSPS) is 10.9. The highest BCUT2D eigenvalue weighted by atomic mass is 35.5. The molecule has 0 radical (unpaired) electrons. The number of aryl methyl sites for hydroxylation is 2. The van der Waals surface area contributed by atoms with Crippen LogP contribution in [0.25, 0.3) is 0 Å². The van der Waals surface area contributed by atoms with Crippen molar-refractivity contribution >= 4 is 11.6 Å². The fourth-order valence-corrected chi connectivity index (χ4v) is 2.12. The molecule has 0 aliphatic heterocycles. The van der Waals surface area contributed by atoms with Crippen LogP contribution in [0.5, 0.6) is 0 Å². The quantitative estimate of drug-likeness (QED) is 0.822. The van der Waals surface area contributed by atoms with Crippen LogP contribution in [0, 0.1) is 5.82 Å². The largest absolute Gasteiger partial charge is 0.265 e. The lowest BCUT2D eigenvalue weighted by atomic mass is 10.2. The Morgan fingerprint density at radius 3 is 2.61 bits per heavy atom. The number of rotatable bonds is 4. The lowest BCUT2D eigenvalue weighted by Gasteiger charge is -2.06. The highest BCUT2D eigenvalue weighted by Gasteiger charge is 2.07. The molecule has 0 aliphatic carbocycles. The number of halogens is 2. The molecule has 0 amide bonds. The van der Waals surface area contributed by atoms with Crippen LogP contribution in [0.1, 0.15) is 30.8 Å². The maximum absolute atomic E-state index is 13.1. The number of nitrogens with zero attached hydrogens (tertiary/aromatic N) is 2. The van der Waals surface area contributed by atoms with E-state index in [2.05, 4.69) is 25.0 Å². The van der Waals surface area contributed by atoms with Gasteiger partial charge in [0, 0.05) is 5.69 Å². The zero-order valence-corrected chi connectivity index (χ0v) is 11.3. The van der Waals surface area contributed by atoms with Crippen molar-refractivity contribution in [2.75, 3.05) is 0 Å². The van der Waals surface area contributed by atoms with Crippen LogP contribution in [0.4, 0.5) is 4.39 Å². The second kappa shape index (κ2) is 5.53. The number of aromatic nitrogens is 2. The van der Waals surface area contributed by atoms with E-state index >= 15 is 0 Å². The van der Waals surface area contributed by atoms with Crippen molar-refractivity contribution < 1.29 is 4.39 Å². The van der Waals surface area contributed by atoms with E-state index in [0.717, 1.165) is 24.1 Å². The maximum Gasteiger partial charge on any atom is 0.141 e. The predicted molar refractivity (Wildman–Crippen MR) is 71.5 cm³/mol. The SMILES string of the molecule is CCc1cc(CC)n(Cc2ccc(F)c(Cl)c2)n1. The fourth-order valence-electron chi connectivity index (χ4n) is 1.92. The van der Waals surface area contributed by atoms with Crippen LogP contribution < -0.4 is 0 Å². The molecule has 0 saturated heterocycles. The Balaban J connectivity index is 2.27. The van der Waals surface area contributed by atoms with Gasteiger partial charge in [-0.05, 0) is 36.6 Å². The maximum atomic E-state index is 13.1. The molecule has 96 valence electrons. The molecule has 0 N–H and O–H groups in total. The summed E-state index contributed by atoms with van der Waals surface area (Å²) in [7, 11) is 0. The summed E-state index contributed by atoms with van der Waals surface area (Å²) < 4.78 is 15.0. The van der Waals surface area contributed by atoms with Gasteiger partial charge in [0.1, 0.15) is 5.82 Å². The molecule has 0 unspecified atom stereocenters. The summed E-state index contributed by atoms with van der Waals surface area (Å²) in [6.45, 7) is 4.81. The average Bonchev–Trinajstić information content (AvgIpc) is 2.76. The van der Waals surface area contributed by atoms with Gasteiger partial charge < -0.3 is 0 Å². The van der Waals surface area contributed by atoms with Gasteiger partial charge in [0.25, 0.3) is 0 Å². The van der Waals surface area contributed by atoms with Crippen molar-refractivity contribution in [1.29, 1.82) is 0 Å². The topological polar surface area (TPSA) is 17.8 Å². The van der Waals surface area contributed by atoms with Crippen LogP contribution in [-0.4, -0.2) is 9.78 Å². The molecule has 0 saturated carbocycles. The van der Waals surface area contributed by atoms with E-state index in [1.165, 1.54) is 11.8 Å². The average molecular weight is 267 g/mol. The van der Waals surface area contributed by atoms with Crippen LogP contribution >= 0.6 is 11.6 Å². The summed E-state index contributed by atoms with van der Waals surface area (Å²) in [5, 5.41) is 4.69. The highest BCUT2D eigenvalue weighted by Crippen LogP contribution is 2.17. The van der Waals surface area contributed by atoms with Crippen molar-refractivity contribution in [3.63, 3.8) is 0 Å². The molecule has 18 heavy (non-hydrogen) atoms. The first kappa shape index (κ1) is 13.1. The van der Waals surface area contributed by atoms with Crippen LogP contribution in [0.3, 0.4) is 0 Å². The van der Waals surface area contributed by atoms with Gasteiger partial charge in [0.15, 0.2) is 0 Å². The minimum atomic E-state index is -0.383. The molecule has 0 fully saturated rings. The van der Waals surface area contributed by atoms with Gasteiger partial charge in [-0.3, -0.25) is 4.68 Å². The summed E-state index contributed by atoms with van der Waals surface area (Å²) >= 11 is 5.78. The van der Waals surface area contributed by atoms with E-state index in [4.69, 9.17) is 11.6 Å². The van der Waals surface area contributed by atoms with Crippen molar-refractivity contribution in [3.05, 3.63) is 52.1 Å². The minimum absolute atomic E-state index is 0.161. The molecule has 2 rings (SSSR count). The Morgan fingerprint density at radius 2 is 2.00 bits per heavy atom. The Bertz CT molecular complexity index is 549. The number of benzene rings is 1. The summed E-state index contributed by atoms with van der Waals surface area (Å²) in [4.78, 5) is 0. The first-order valence-electron chi connectivity index (χ1n) is 6.13. The first-order chi connectivity index (χ1) is 8.63. The van der Waals surface area contributed by atoms with E-state index in [9.17, 15) is 4.39 Å². The molecule has 1 aromatic carbocycles. The lowest BCUT2D eigenvalue weighted by molar-refractivity contribution is 0.620. The van der Waals surface area contributed by atoms with Gasteiger partial charge in [-0.2, -0.15) is 5.10 Å². The zero-order chi connectivity index (χ0) is 13.1. The highest BCUT2D eigenvalue weighted by molar-refractivity contribution is 6.30. The number of hydrogen-bond acceptors (Lipinski definition) is 1. The van der Waals surface area contributed by atoms with Crippen LogP contribution in [-0.2, 0) is 19.4 Å². The molecule has 2 nitrogen and oxygen atoms in total. The molecule has 4 heteroatoms. The van der Waals surface area contributed by atoms with Crippen molar-refractivity contribution in [2.45, 2.75) is 33.2 Å². The third kappa shape index (κ3) is 2.72. The second-order valence-corrected chi connectivity index (χ2v) is 4.65. The molecule has 1 heterocycles. The molecular weight excluding hydrogens is 251 g/mol. The minimum Gasteiger partial charge on any atom is -0.265 e. The molecular formula is C14H16ClFN2. The standard InChI is InChI=1S/C14H16ClFN2/c1-3-11-8-12(4-2)18(17-11)9-10-5-6-14(16)13(15)7-10/h5-8H,3-4,9H2,1-2H3. The smallest absolute Gasteiger partial charge is 0.141 e. The fraction of sp³-hybridized carbons (Fsp3) is 0.357. The van der Waals surface area contributed by atoms with Crippen LogP contribution in [0.2, 0.25) is 5.02 Å². The van der Waals surface area contributed by atoms with Gasteiger partial charge in [-0.1, -0.05) is 31.5 Å². The Hall–Kier alpha value is -1.35. The summed E-state index contributed by atoms with van der Waals surface area (Å²) in [5.74, 6) is -0.383. The molecule has 0 spiro atoms. The molecule has 0 aliphatic rings. The zero-order valence-electron chi connectivity index (χ0n) is 10.6. The van der Waals surface area contributed by atoms with E-state index in [-0.39, 0.29) is 10.8 Å². The van der Waals surface area contributed by atoms with Gasteiger partial charge in [0.05, 0.1) is 17.3 Å². The van der Waals surface area contributed by atoms with Crippen molar-refractivity contribution in [2.24, 2.45) is 0 Å². The Morgan fingerprint density at radius 1 is 1.22 bits per heavy atom. The van der Waals surface area contributed by atoms with Crippen molar-refractivity contribution in [1.82, 2.24) is 9.78 Å². The Kier molecular flexibility index (Phi) is 4.02. The van der Waals surface area contributed by atoms with Gasteiger partial charge >= 0.3 is 0 Å². The molecule has 1 aromatic heterocycles. The van der Waals surface area contributed by atoms with Gasteiger partial charge in [-0.15, -0.1) is 0 Å². The predicted octanol–water partition coefficient (Wildman–Crippen LogP) is 3.85. The van der Waals surface area contributed by atoms with Gasteiger partial charge in [-0.25, -0.2) is 4.39 Å². The van der Waals surface area contributed by atoms with E-state index in [0.29, 0.717) is 6.54 Å². The van der Waals surface area contributed by atoms with Gasteiger partial charge in [0.2, 0.25) is 0 Å². The van der Waals surface area contributed by atoms with Crippen LogP contribution in [0.15, 0.2) is 24.3 Å². The Labute approximate surface area is 111 Å². The molecule has 2 aromatic rings. The third-order valence-electron chi connectivity index (χ3n) is 2.95. The van der Waals surface area contributed by atoms with E-state index in [1.54, 1.807) is 12.1 Å². The summed E-state index contributed by atoms with van der Waals surface area (Å²) in [6, 6.07) is 6.91. The lowest BCUT2D eigenvalue weighted by Crippen LogP contribution is -2.06. The molecule has 0 atom stereocenters. The van der Waals surface area contributed by atoms with E-state index < -0.39 is 0 Å². The number of hydrogen-bond donors (Lipinski definition) is 0.